The van der Waals surface area contributed by atoms with Crippen LogP contribution in [0.5, 0.6) is 0 Å². The average molecular weight is 295 g/mol. The van der Waals surface area contributed by atoms with Gasteiger partial charge in [0, 0.05) is 18.6 Å². The Balaban J connectivity index is 2.56. The largest absolute Gasteiger partial charge is 0.463 e. The van der Waals surface area contributed by atoms with Crippen LogP contribution in [0.15, 0.2) is 24.3 Å². The highest BCUT2D eigenvalue weighted by Gasteiger charge is 2.18. The Labute approximate surface area is 121 Å². The van der Waals surface area contributed by atoms with Crippen molar-refractivity contribution in [2.75, 3.05) is 0 Å². The van der Waals surface area contributed by atoms with Gasteiger partial charge in [-0.3, -0.25) is 19.7 Å². The summed E-state index contributed by atoms with van der Waals surface area (Å²) >= 11 is 0. The Hall–Kier alpha value is -2.28. The average Bonchev–Trinajstić information content (AvgIpc) is 2.37. The topological polar surface area (TPSA) is 107 Å². The van der Waals surface area contributed by atoms with E-state index in [4.69, 9.17) is 4.74 Å². The van der Waals surface area contributed by atoms with Crippen molar-refractivity contribution in [3.8, 4) is 0 Å². The minimum Gasteiger partial charge on any atom is -0.463 e. The number of aliphatic hydroxyl groups excluding tert-OH is 1. The van der Waals surface area contributed by atoms with Crippen molar-refractivity contribution in [1.29, 1.82) is 0 Å². The van der Waals surface area contributed by atoms with Crippen LogP contribution < -0.4 is 0 Å². The van der Waals surface area contributed by atoms with Crippen molar-refractivity contribution in [3.05, 3.63) is 39.9 Å². The van der Waals surface area contributed by atoms with Crippen LogP contribution in [0.4, 0.5) is 5.69 Å². The van der Waals surface area contributed by atoms with Gasteiger partial charge in [-0.2, -0.15) is 0 Å². The second kappa shape index (κ2) is 7.49. The standard InChI is InChI=1S/C14H17NO6/c1-9(2)21-14(18)8-12(16)7-13(17)10-3-5-11(6-4-10)15(19)20/h3-6,9,13,17H,7-8H2,1-2H3. The molecule has 7 heteroatoms. The summed E-state index contributed by atoms with van der Waals surface area (Å²) < 4.78 is 4.83. The van der Waals surface area contributed by atoms with E-state index in [0.717, 1.165) is 0 Å². The van der Waals surface area contributed by atoms with Crippen LogP contribution >= 0.6 is 0 Å². The molecule has 1 rings (SSSR count). The molecule has 1 N–H and O–H groups in total. The predicted molar refractivity (Wildman–Crippen MR) is 73.5 cm³/mol. The first-order valence-corrected chi connectivity index (χ1v) is 6.43. The lowest BCUT2D eigenvalue weighted by Crippen LogP contribution is -2.17. The summed E-state index contributed by atoms with van der Waals surface area (Å²) in [5, 5.41) is 20.4. The molecule has 1 unspecified atom stereocenters. The number of carbonyl (C=O) groups is 2. The van der Waals surface area contributed by atoms with E-state index in [-0.39, 0.29) is 18.2 Å². The summed E-state index contributed by atoms with van der Waals surface area (Å²) in [5.41, 5.74) is 0.281. The molecular weight excluding hydrogens is 278 g/mol. The van der Waals surface area contributed by atoms with E-state index in [1.54, 1.807) is 13.8 Å². The van der Waals surface area contributed by atoms with Crippen molar-refractivity contribution in [2.45, 2.75) is 38.9 Å². The Morgan fingerprint density at radius 3 is 2.33 bits per heavy atom. The first-order valence-electron chi connectivity index (χ1n) is 6.43. The minimum atomic E-state index is -1.11. The summed E-state index contributed by atoms with van der Waals surface area (Å²) in [6.45, 7) is 3.35. The van der Waals surface area contributed by atoms with Crippen LogP contribution in [0, 0.1) is 10.1 Å². The molecule has 21 heavy (non-hydrogen) atoms. The van der Waals surface area contributed by atoms with Crippen LogP contribution in [0.25, 0.3) is 0 Å². The molecule has 0 saturated heterocycles. The number of non-ortho nitro benzene ring substituents is 1. The second-order valence-corrected chi connectivity index (χ2v) is 4.82. The molecule has 1 atom stereocenters. The summed E-state index contributed by atoms with van der Waals surface area (Å²) in [6, 6.07) is 5.25. The lowest BCUT2D eigenvalue weighted by Gasteiger charge is -2.11. The van der Waals surface area contributed by atoms with E-state index >= 15 is 0 Å². The van der Waals surface area contributed by atoms with Crippen LogP contribution in [-0.4, -0.2) is 27.9 Å². The number of hydrogen-bond acceptors (Lipinski definition) is 6. The van der Waals surface area contributed by atoms with Crippen LogP contribution in [-0.2, 0) is 14.3 Å². The van der Waals surface area contributed by atoms with E-state index in [0.29, 0.717) is 5.56 Å². The third-order valence-corrected chi connectivity index (χ3v) is 2.62. The zero-order chi connectivity index (χ0) is 16.0. The van der Waals surface area contributed by atoms with Gasteiger partial charge < -0.3 is 9.84 Å². The van der Waals surface area contributed by atoms with Gasteiger partial charge in [0.1, 0.15) is 12.2 Å². The number of hydrogen-bond donors (Lipinski definition) is 1. The van der Waals surface area contributed by atoms with E-state index in [9.17, 15) is 24.8 Å². The molecule has 0 bridgehead atoms. The maximum absolute atomic E-state index is 11.6. The summed E-state index contributed by atoms with van der Waals surface area (Å²) in [6.07, 6.45) is -2.05. The third kappa shape index (κ3) is 5.70. The van der Waals surface area contributed by atoms with Crippen molar-refractivity contribution in [1.82, 2.24) is 0 Å². The zero-order valence-corrected chi connectivity index (χ0v) is 11.8. The van der Waals surface area contributed by atoms with Crippen LogP contribution in [0.3, 0.4) is 0 Å². The maximum Gasteiger partial charge on any atom is 0.313 e. The number of ketones is 1. The number of rotatable bonds is 7. The van der Waals surface area contributed by atoms with E-state index in [2.05, 4.69) is 0 Å². The van der Waals surface area contributed by atoms with Gasteiger partial charge in [-0.15, -0.1) is 0 Å². The van der Waals surface area contributed by atoms with Crippen molar-refractivity contribution >= 4 is 17.4 Å². The fourth-order valence-electron chi connectivity index (χ4n) is 1.69. The Morgan fingerprint density at radius 2 is 1.86 bits per heavy atom. The molecule has 0 aliphatic carbocycles. The van der Waals surface area contributed by atoms with Gasteiger partial charge in [0.15, 0.2) is 0 Å². The molecular formula is C14H17NO6. The van der Waals surface area contributed by atoms with E-state index in [1.165, 1.54) is 24.3 Å². The first-order chi connectivity index (χ1) is 9.79. The quantitative estimate of drug-likeness (QED) is 0.356. The van der Waals surface area contributed by atoms with Gasteiger partial charge in [-0.1, -0.05) is 0 Å². The number of nitrogens with zero attached hydrogens (tertiary/aromatic N) is 1. The van der Waals surface area contributed by atoms with Crippen LogP contribution in [0.1, 0.15) is 38.4 Å². The van der Waals surface area contributed by atoms with Crippen molar-refractivity contribution in [3.63, 3.8) is 0 Å². The molecule has 1 aromatic rings. The molecule has 1 aromatic carbocycles. The molecule has 0 amide bonds. The number of ether oxygens (including phenoxy) is 1. The van der Waals surface area contributed by atoms with Gasteiger partial charge in [-0.25, -0.2) is 0 Å². The molecule has 114 valence electrons. The third-order valence-electron chi connectivity index (χ3n) is 2.62. The highest BCUT2D eigenvalue weighted by atomic mass is 16.6. The second-order valence-electron chi connectivity index (χ2n) is 4.82. The van der Waals surface area contributed by atoms with Gasteiger partial charge in [0.05, 0.1) is 17.1 Å². The van der Waals surface area contributed by atoms with Gasteiger partial charge in [0.25, 0.3) is 5.69 Å². The molecule has 0 fully saturated rings. The lowest BCUT2D eigenvalue weighted by atomic mass is 10.0. The minimum absolute atomic E-state index is 0.0993. The smallest absolute Gasteiger partial charge is 0.313 e. The molecule has 0 aromatic heterocycles. The Morgan fingerprint density at radius 1 is 1.29 bits per heavy atom. The zero-order valence-electron chi connectivity index (χ0n) is 11.8. The number of Topliss-reactive ketones (excluding diaryl/α,β-unsaturated/α-hetero) is 1. The number of carbonyl (C=O) groups excluding carboxylic acids is 2. The predicted octanol–water partition coefficient (Wildman–Crippen LogP) is 1.93. The number of benzene rings is 1. The van der Waals surface area contributed by atoms with E-state index in [1.807, 2.05) is 0 Å². The van der Waals surface area contributed by atoms with Crippen LogP contribution in [0.2, 0.25) is 0 Å². The Kier molecular flexibility index (Phi) is 5.98. The van der Waals surface area contributed by atoms with Gasteiger partial charge in [-0.05, 0) is 31.5 Å². The fraction of sp³-hybridized carbons (Fsp3) is 0.429. The maximum atomic E-state index is 11.6. The highest BCUT2D eigenvalue weighted by molar-refractivity contribution is 5.95. The molecule has 0 aliphatic heterocycles. The summed E-state index contributed by atoms with van der Waals surface area (Å²) in [4.78, 5) is 32.9. The van der Waals surface area contributed by atoms with Gasteiger partial charge >= 0.3 is 5.97 Å². The monoisotopic (exact) mass is 295 g/mol. The fourth-order valence-corrected chi connectivity index (χ4v) is 1.69. The van der Waals surface area contributed by atoms with Crippen molar-refractivity contribution < 1.29 is 24.4 Å². The molecule has 0 heterocycles. The van der Waals surface area contributed by atoms with Gasteiger partial charge in [0.2, 0.25) is 0 Å². The van der Waals surface area contributed by atoms with Crippen molar-refractivity contribution in [2.24, 2.45) is 0 Å². The van der Waals surface area contributed by atoms with E-state index < -0.39 is 29.2 Å². The lowest BCUT2D eigenvalue weighted by molar-refractivity contribution is -0.384. The molecule has 7 nitrogen and oxygen atoms in total. The molecule has 0 aliphatic rings. The number of esters is 1. The molecule has 0 spiro atoms. The molecule has 0 saturated carbocycles. The SMILES string of the molecule is CC(C)OC(=O)CC(=O)CC(O)c1ccc([N+](=O)[O-])cc1. The number of nitro groups is 1. The molecule has 0 radical (unpaired) electrons. The normalized spacial score (nSPS) is 12.0. The number of aliphatic hydroxyl groups is 1. The highest BCUT2D eigenvalue weighted by Crippen LogP contribution is 2.20. The summed E-state index contributed by atoms with van der Waals surface area (Å²) in [7, 11) is 0. The first kappa shape index (κ1) is 16.8. The Bertz CT molecular complexity index is 523. The number of nitro benzene ring substituents is 1. The summed E-state index contributed by atoms with van der Waals surface area (Å²) in [5.74, 6) is -1.09.